The third kappa shape index (κ3) is 5.94. The standard InChI is InChI=1S/C19H30N4O.HI/c1-20-19(21-11-3-4-16-5-6-16)23-14-12-22(13-15-23)17-7-9-18(24-2)10-8-17;/h7-10,16H,3-6,11-15H2,1-2H3,(H,20,21);1H. The van der Waals surface area contributed by atoms with Crippen LogP contribution >= 0.6 is 24.0 Å². The molecule has 1 saturated carbocycles. The van der Waals surface area contributed by atoms with E-state index in [1.54, 1.807) is 7.11 Å². The molecule has 0 radical (unpaired) electrons. The number of anilines is 1. The first-order chi connectivity index (χ1) is 11.8. The summed E-state index contributed by atoms with van der Waals surface area (Å²) in [4.78, 5) is 9.26. The molecule has 1 aromatic rings. The fourth-order valence-electron chi connectivity index (χ4n) is 3.30. The Balaban J connectivity index is 0.00000225. The number of hydrogen-bond acceptors (Lipinski definition) is 3. The first kappa shape index (κ1) is 20.1. The minimum absolute atomic E-state index is 0. The topological polar surface area (TPSA) is 40.1 Å². The van der Waals surface area contributed by atoms with E-state index in [0.717, 1.165) is 50.4 Å². The molecule has 0 amide bonds. The summed E-state index contributed by atoms with van der Waals surface area (Å²) in [5.74, 6) is 2.98. The van der Waals surface area contributed by atoms with Crippen molar-refractivity contribution in [2.75, 3.05) is 51.8 Å². The van der Waals surface area contributed by atoms with E-state index >= 15 is 0 Å². The van der Waals surface area contributed by atoms with Crippen molar-refractivity contribution in [1.29, 1.82) is 0 Å². The normalized spacial score (nSPS) is 17.9. The summed E-state index contributed by atoms with van der Waals surface area (Å²) in [5.41, 5.74) is 1.27. The zero-order valence-electron chi connectivity index (χ0n) is 15.4. The van der Waals surface area contributed by atoms with Crippen molar-refractivity contribution >= 4 is 35.6 Å². The molecule has 0 spiro atoms. The number of rotatable bonds is 6. The molecule has 0 bridgehead atoms. The number of benzene rings is 1. The van der Waals surface area contributed by atoms with Crippen molar-refractivity contribution in [2.45, 2.75) is 25.7 Å². The largest absolute Gasteiger partial charge is 0.497 e. The minimum atomic E-state index is 0. The Bertz CT molecular complexity index is 537. The van der Waals surface area contributed by atoms with E-state index in [1.165, 1.54) is 31.4 Å². The van der Waals surface area contributed by atoms with Crippen LogP contribution in [0.1, 0.15) is 25.7 Å². The second-order valence-electron chi connectivity index (χ2n) is 6.73. The van der Waals surface area contributed by atoms with Crippen molar-refractivity contribution < 1.29 is 4.74 Å². The van der Waals surface area contributed by atoms with E-state index in [1.807, 2.05) is 19.2 Å². The average molecular weight is 458 g/mol. The molecule has 1 aliphatic carbocycles. The predicted octanol–water partition coefficient (Wildman–Crippen LogP) is 3.20. The van der Waals surface area contributed by atoms with Crippen LogP contribution in [0, 0.1) is 5.92 Å². The Labute approximate surface area is 168 Å². The zero-order chi connectivity index (χ0) is 16.8. The van der Waals surface area contributed by atoms with Gasteiger partial charge in [-0.2, -0.15) is 0 Å². The van der Waals surface area contributed by atoms with E-state index in [2.05, 4.69) is 32.2 Å². The first-order valence-corrected chi connectivity index (χ1v) is 9.14. The molecular formula is C19H31IN4O. The van der Waals surface area contributed by atoms with Gasteiger partial charge in [0.1, 0.15) is 5.75 Å². The maximum absolute atomic E-state index is 5.23. The molecule has 2 fully saturated rings. The molecule has 0 unspecified atom stereocenters. The van der Waals surface area contributed by atoms with Gasteiger partial charge in [-0.3, -0.25) is 4.99 Å². The number of nitrogens with zero attached hydrogens (tertiary/aromatic N) is 3. The van der Waals surface area contributed by atoms with E-state index in [9.17, 15) is 0 Å². The quantitative estimate of drug-likeness (QED) is 0.308. The van der Waals surface area contributed by atoms with Crippen LogP contribution in [0.25, 0.3) is 0 Å². The lowest BCUT2D eigenvalue weighted by atomic mass is 10.2. The van der Waals surface area contributed by atoms with Gasteiger partial charge in [0.25, 0.3) is 0 Å². The number of halogens is 1. The van der Waals surface area contributed by atoms with Crippen LogP contribution in [-0.2, 0) is 0 Å². The molecule has 6 heteroatoms. The van der Waals surface area contributed by atoms with Crippen LogP contribution < -0.4 is 15.0 Å². The molecular weight excluding hydrogens is 427 g/mol. The van der Waals surface area contributed by atoms with Gasteiger partial charge in [-0.25, -0.2) is 0 Å². The lowest BCUT2D eigenvalue weighted by molar-refractivity contribution is 0.372. The van der Waals surface area contributed by atoms with Crippen molar-refractivity contribution in [1.82, 2.24) is 10.2 Å². The third-order valence-electron chi connectivity index (χ3n) is 5.00. The first-order valence-electron chi connectivity index (χ1n) is 9.14. The predicted molar refractivity (Wildman–Crippen MR) is 116 cm³/mol. The van der Waals surface area contributed by atoms with Gasteiger partial charge in [-0.05, 0) is 43.0 Å². The fraction of sp³-hybridized carbons (Fsp3) is 0.632. The third-order valence-corrected chi connectivity index (χ3v) is 5.00. The SMILES string of the molecule is CN=C(NCCCC1CC1)N1CCN(c2ccc(OC)cc2)CC1.I. The van der Waals surface area contributed by atoms with Crippen molar-refractivity contribution in [2.24, 2.45) is 10.9 Å². The van der Waals surface area contributed by atoms with Crippen molar-refractivity contribution in [3.63, 3.8) is 0 Å². The molecule has 1 saturated heterocycles. The number of hydrogen-bond donors (Lipinski definition) is 1. The Morgan fingerprint density at radius 1 is 1.16 bits per heavy atom. The summed E-state index contributed by atoms with van der Waals surface area (Å²) >= 11 is 0. The van der Waals surface area contributed by atoms with Gasteiger partial charge >= 0.3 is 0 Å². The molecule has 1 heterocycles. The van der Waals surface area contributed by atoms with Gasteiger partial charge in [0, 0.05) is 45.5 Å². The average Bonchev–Trinajstić information content (AvgIpc) is 3.47. The molecule has 25 heavy (non-hydrogen) atoms. The maximum atomic E-state index is 5.23. The van der Waals surface area contributed by atoms with E-state index < -0.39 is 0 Å². The highest BCUT2D eigenvalue weighted by Gasteiger charge is 2.21. The lowest BCUT2D eigenvalue weighted by Crippen LogP contribution is -2.52. The second kappa shape index (κ2) is 10.1. The van der Waals surface area contributed by atoms with Gasteiger partial charge in [0.15, 0.2) is 5.96 Å². The molecule has 1 aliphatic heterocycles. The molecule has 5 nitrogen and oxygen atoms in total. The molecule has 0 atom stereocenters. The highest BCUT2D eigenvalue weighted by molar-refractivity contribution is 14.0. The zero-order valence-corrected chi connectivity index (χ0v) is 17.7. The number of guanidine groups is 1. The summed E-state index contributed by atoms with van der Waals surface area (Å²) in [5, 5.41) is 3.53. The van der Waals surface area contributed by atoms with Gasteiger partial charge in [0.05, 0.1) is 7.11 Å². The van der Waals surface area contributed by atoms with Crippen molar-refractivity contribution in [3.05, 3.63) is 24.3 Å². The van der Waals surface area contributed by atoms with Gasteiger partial charge in [0.2, 0.25) is 0 Å². The number of piperazine rings is 1. The van der Waals surface area contributed by atoms with Crippen LogP contribution in [-0.4, -0.2) is 57.7 Å². The molecule has 1 N–H and O–H groups in total. The Kier molecular flexibility index (Phi) is 8.12. The molecule has 1 aromatic carbocycles. The van der Waals surface area contributed by atoms with Crippen LogP contribution in [0.2, 0.25) is 0 Å². The fourth-order valence-corrected chi connectivity index (χ4v) is 3.30. The number of aliphatic imine (C=N–C) groups is 1. The monoisotopic (exact) mass is 458 g/mol. The van der Waals surface area contributed by atoms with Gasteiger partial charge in [-0.1, -0.05) is 12.8 Å². The van der Waals surface area contributed by atoms with Crippen LogP contribution in [0.15, 0.2) is 29.3 Å². The van der Waals surface area contributed by atoms with Crippen LogP contribution in [0.4, 0.5) is 5.69 Å². The van der Waals surface area contributed by atoms with Crippen molar-refractivity contribution in [3.8, 4) is 5.75 Å². The summed E-state index contributed by atoms with van der Waals surface area (Å²) in [7, 11) is 3.59. The highest BCUT2D eigenvalue weighted by Crippen LogP contribution is 2.33. The summed E-state index contributed by atoms with van der Waals surface area (Å²) in [6, 6.07) is 8.34. The molecule has 3 rings (SSSR count). The van der Waals surface area contributed by atoms with E-state index in [4.69, 9.17) is 4.74 Å². The summed E-state index contributed by atoms with van der Waals surface area (Å²) in [6.07, 6.45) is 5.52. The van der Waals surface area contributed by atoms with Crippen LogP contribution in [0.5, 0.6) is 5.75 Å². The minimum Gasteiger partial charge on any atom is -0.497 e. The second-order valence-corrected chi connectivity index (χ2v) is 6.73. The molecule has 2 aliphatic rings. The molecule has 140 valence electrons. The number of nitrogens with one attached hydrogen (secondary N) is 1. The lowest BCUT2D eigenvalue weighted by Gasteiger charge is -2.37. The number of methoxy groups -OCH3 is 1. The van der Waals surface area contributed by atoms with Gasteiger partial charge < -0.3 is 19.9 Å². The molecule has 0 aromatic heterocycles. The summed E-state index contributed by atoms with van der Waals surface area (Å²) < 4.78 is 5.23. The summed E-state index contributed by atoms with van der Waals surface area (Å²) in [6.45, 7) is 5.11. The van der Waals surface area contributed by atoms with E-state index in [0.29, 0.717) is 0 Å². The Hall–Kier alpha value is -1.18. The Morgan fingerprint density at radius 2 is 1.84 bits per heavy atom. The van der Waals surface area contributed by atoms with Crippen LogP contribution in [0.3, 0.4) is 0 Å². The smallest absolute Gasteiger partial charge is 0.193 e. The maximum Gasteiger partial charge on any atom is 0.193 e. The highest BCUT2D eigenvalue weighted by atomic mass is 127. The Morgan fingerprint density at radius 3 is 2.40 bits per heavy atom. The number of ether oxygens (including phenoxy) is 1. The van der Waals surface area contributed by atoms with E-state index in [-0.39, 0.29) is 24.0 Å². The van der Waals surface area contributed by atoms with Gasteiger partial charge in [-0.15, -0.1) is 24.0 Å².